The molecule has 0 spiro atoms. The van der Waals surface area contributed by atoms with Gasteiger partial charge in [0.1, 0.15) is 5.82 Å². The predicted octanol–water partition coefficient (Wildman–Crippen LogP) is 2.47. The maximum absolute atomic E-state index is 13.1. The molecule has 2 aromatic rings. The van der Waals surface area contributed by atoms with Crippen LogP contribution in [0.1, 0.15) is 30.5 Å². The number of likely N-dealkylation sites (N-methyl/N-ethyl adjacent to an activating group) is 1. The molecule has 0 saturated carbocycles. The summed E-state index contributed by atoms with van der Waals surface area (Å²) in [4.78, 5) is 2.19. The lowest BCUT2D eigenvalue weighted by Gasteiger charge is -2.32. The van der Waals surface area contributed by atoms with Crippen LogP contribution in [0.4, 0.5) is 4.39 Å². The number of halogens is 1. The van der Waals surface area contributed by atoms with E-state index >= 15 is 0 Å². The fourth-order valence-corrected chi connectivity index (χ4v) is 2.65. The summed E-state index contributed by atoms with van der Waals surface area (Å²) in [6, 6.07) is 6.66. The molecule has 0 bridgehead atoms. The second kappa shape index (κ2) is 6.83. The van der Waals surface area contributed by atoms with Crippen LogP contribution in [0.25, 0.3) is 0 Å². The number of hydrogen-bond donors (Lipinski definition) is 1. The summed E-state index contributed by atoms with van der Waals surface area (Å²) in [5, 5.41) is 4.19. The van der Waals surface area contributed by atoms with E-state index in [-0.39, 0.29) is 17.9 Å². The second-order valence-corrected chi connectivity index (χ2v) is 5.51. The molecule has 0 aliphatic carbocycles. The first-order chi connectivity index (χ1) is 10.0. The molecule has 1 aromatic carbocycles. The summed E-state index contributed by atoms with van der Waals surface area (Å²) in [5.41, 5.74) is 8.46. The lowest BCUT2D eigenvalue weighted by molar-refractivity contribution is 0.201. The summed E-state index contributed by atoms with van der Waals surface area (Å²) in [5.74, 6) is -0.225. The quantitative estimate of drug-likeness (QED) is 0.889. The Labute approximate surface area is 125 Å². The van der Waals surface area contributed by atoms with Gasteiger partial charge in [0.25, 0.3) is 0 Å². The maximum Gasteiger partial charge on any atom is 0.123 e. The lowest BCUT2D eigenvalue weighted by atomic mass is 9.96. The van der Waals surface area contributed by atoms with Crippen molar-refractivity contribution in [3.8, 4) is 0 Å². The van der Waals surface area contributed by atoms with E-state index in [1.807, 2.05) is 38.6 Å². The van der Waals surface area contributed by atoms with Crippen molar-refractivity contribution in [1.82, 2.24) is 14.7 Å². The Bertz CT molecular complexity index is 564. The zero-order chi connectivity index (χ0) is 15.4. The largest absolute Gasteiger partial charge is 0.326 e. The number of aromatic nitrogens is 2. The predicted molar refractivity (Wildman–Crippen MR) is 82.1 cm³/mol. The molecular weight excluding hydrogens is 267 g/mol. The SMILES string of the molecule is CCC(N)C(c1ccc(F)cc1)N(C)Cc1cnn(C)c1. The molecule has 5 heteroatoms. The normalized spacial score (nSPS) is 14.4. The van der Waals surface area contributed by atoms with Crippen LogP contribution in [-0.2, 0) is 13.6 Å². The van der Waals surface area contributed by atoms with Crippen molar-refractivity contribution in [2.75, 3.05) is 7.05 Å². The summed E-state index contributed by atoms with van der Waals surface area (Å²) in [7, 11) is 3.94. The first-order valence-corrected chi connectivity index (χ1v) is 7.20. The van der Waals surface area contributed by atoms with Crippen molar-refractivity contribution in [1.29, 1.82) is 0 Å². The van der Waals surface area contributed by atoms with Gasteiger partial charge in [0.05, 0.1) is 6.20 Å². The lowest BCUT2D eigenvalue weighted by Crippen LogP contribution is -2.38. The minimum atomic E-state index is -0.225. The fourth-order valence-electron chi connectivity index (χ4n) is 2.65. The third kappa shape index (κ3) is 3.89. The van der Waals surface area contributed by atoms with Crippen LogP contribution in [0.3, 0.4) is 0 Å². The molecule has 114 valence electrons. The molecule has 1 aromatic heterocycles. The minimum Gasteiger partial charge on any atom is -0.326 e. The van der Waals surface area contributed by atoms with Crippen molar-refractivity contribution < 1.29 is 4.39 Å². The Morgan fingerprint density at radius 2 is 2.00 bits per heavy atom. The molecule has 0 saturated heterocycles. The van der Waals surface area contributed by atoms with Gasteiger partial charge in [-0.25, -0.2) is 4.39 Å². The zero-order valence-electron chi connectivity index (χ0n) is 12.8. The molecule has 0 radical (unpaired) electrons. The van der Waals surface area contributed by atoms with E-state index in [4.69, 9.17) is 5.73 Å². The van der Waals surface area contributed by atoms with E-state index in [9.17, 15) is 4.39 Å². The smallest absolute Gasteiger partial charge is 0.123 e. The number of nitrogens with two attached hydrogens (primary N) is 1. The molecule has 1 heterocycles. The van der Waals surface area contributed by atoms with Crippen molar-refractivity contribution >= 4 is 0 Å². The minimum absolute atomic E-state index is 0.00265. The molecule has 0 fully saturated rings. The molecule has 2 unspecified atom stereocenters. The molecule has 2 rings (SSSR count). The average molecular weight is 290 g/mol. The van der Waals surface area contributed by atoms with E-state index in [0.717, 1.165) is 24.1 Å². The van der Waals surface area contributed by atoms with Crippen LogP contribution in [0.5, 0.6) is 0 Å². The molecule has 0 aliphatic rings. The van der Waals surface area contributed by atoms with E-state index in [0.29, 0.717) is 0 Å². The fraction of sp³-hybridized carbons (Fsp3) is 0.438. The molecule has 4 nitrogen and oxygen atoms in total. The number of nitrogens with zero attached hydrogens (tertiary/aromatic N) is 3. The van der Waals surface area contributed by atoms with Crippen LogP contribution in [0.15, 0.2) is 36.7 Å². The van der Waals surface area contributed by atoms with Crippen LogP contribution in [-0.4, -0.2) is 27.8 Å². The van der Waals surface area contributed by atoms with Crippen LogP contribution in [0, 0.1) is 5.82 Å². The Hall–Kier alpha value is -1.72. The van der Waals surface area contributed by atoms with E-state index in [2.05, 4.69) is 16.9 Å². The third-order valence-corrected chi connectivity index (χ3v) is 3.75. The highest BCUT2D eigenvalue weighted by atomic mass is 19.1. The van der Waals surface area contributed by atoms with Gasteiger partial charge in [-0.05, 0) is 31.2 Å². The summed E-state index contributed by atoms with van der Waals surface area (Å²) in [6.07, 6.45) is 4.71. The number of hydrogen-bond acceptors (Lipinski definition) is 3. The van der Waals surface area contributed by atoms with Gasteiger partial charge < -0.3 is 5.73 Å². The Morgan fingerprint density at radius 3 is 2.52 bits per heavy atom. The second-order valence-electron chi connectivity index (χ2n) is 5.51. The van der Waals surface area contributed by atoms with Crippen LogP contribution >= 0.6 is 0 Å². The number of aryl methyl sites for hydroxylation is 1. The number of benzene rings is 1. The van der Waals surface area contributed by atoms with E-state index in [1.54, 1.807) is 4.68 Å². The molecule has 0 amide bonds. The molecule has 2 N–H and O–H groups in total. The zero-order valence-corrected chi connectivity index (χ0v) is 12.8. The van der Waals surface area contributed by atoms with Crippen molar-refractivity contribution in [2.45, 2.75) is 32.0 Å². The maximum atomic E-state index is 13.1. The van der Waals surface area contributed by atoms with Crippen molar-refractivity contribution in [3.05, 3.63) is 53.6 Å². The van der Waals surface area contributed by atoms with Crippen molar-refractivity contribution in [3.63, 3.8) is 0 Å². The Morgan fingerprint density at radius 1 is 1.33 bits per heavy atom. The molecule has 2 atom stereocenters. The standard InChI is InChI=1S/C16H23FN4/c1-4-15(18)16(13-5-7-14(17)8-6-13)20(2)10-12-9-19-21(3)11-12/h5-9,11,15-16H,4,10,18H2,1-3H3. The highest BCUT2D eigenvalue weighted by molar-refractivity contribution is 5.22. The van der Waals surface area contributed by atoms with Crippen molar-refractivity contribution in [2.24, 2.45) is 12.8 Å². The third-order valence-electron chi connectivity index (χ3n) is 3.75. The first-order valence-electron chi connectivity index (χ1n) is 7.20. The van der Waals surface area contributed by atoms with Gasteiger partial charge in [0.15, 0.2) is 0 Å². The van der Waals surface area contributed by atoms with E-state index < -0.39 is 0 Å². The van der Waals surface area contributed by atoms with Crippen LogP contribution in [0.2, 0.25) is 0 Å². The highest BCUT2D eigenvalue weighted by Crippen LogP contribution is 2.25. The van der Waals surface area contributed by atoms with Crippen LogP contribution < -0.4 is 5.73 Å². The topological polar surface area (TPSA) is 47.1 Å². The monoisotopic (exact) mass is 290 g/mol. The Kier molecular flexibility index (Phi) is 5.09. The first kappa shape index (κ1) is 15.7. The van der Waals surface area contributed by atoms with E-state index in [1.165, 1.54) is 12.1 Å². The summed E-state index contributed by atoms with van der Waals surface area (Å²) >= 11 is 0. The van der Waals surface area contributed by atoms with Gasteiger partial charge in [-0.1, -0.05) is 19.1 Å². The van der Waals surface area contributed by atoms with Gasteiger partial charge in [0.2, 0.25) is 0 Å². The molecule has 0 aliphatic heterocycles. The number of rotatable bonds is 6. The average Bonchev–Trinajstić information content (AvgIpc) is 2.86. The van der Waals surface area contributed by atoms with Gasteiger partial charge in [-0.3, -0.25) is 9.58 Å². The van der Waals surface area contributed by atoms with Gasteiger partial charge in [-0.15, -0.1) is 0 Å². The molecular formula is C16H23FN4. The summed E-state index contributed by atoms with van der Waals surface area (Å²) < 4.78 is 14.9. The van der Waals surface area contributed by atoms with Gasteiger partial charge >= 0.3 is 0 Å². The molecule has 21 heavy (non-hydrogen) atoms. The Balaban J connectivity index is 2.20. The van der Waals surface area contributed by atoms with Gasteiger partial charge in [-0.2, -0.15) is 5.10 Å². The highest BCUT2D eigenvalue weighted by Gasteiger charge is 2.23. The van der Waals surface area contributed by atoms with Gasteiger partial charge in [0, 0.05) is 37.4 Å². The summed E-state index contributed by atoms with van der Waals surface area (Å²) in [6.45, 7) is 2.82.